The Morgan fingerprint density at radius 2 is 2.45 bits per heavy atom. The van der Waals surface area contributed by atoms with E-state index in [0.29, 0.717) is 6.04 Å². The van der Waals surface area contributed by atoms with E-state index in [2.05, 4.69) is 10.2 Å². The van der Waals surface area contributed by atoms with Crippen molar-refractivity contribution in [1.82, 2.24) is 10.2 Å². The summed E-state index contributed by atoms with van der Waals surface area (Å²) >= 11 is 0. The van der Waals surface area contributed by atoms with Crippen molar-refractivity contribution in [3.05, 3.63) is 0 Å². The van der Waals surface area contributed by atoms with Gasteiger partial charge in [-0.25, -0.2) is 0 Å². The van der Waals surface area contributed by atoms with Gasteiger partial charge in [0.2, 0.25) is 0 Å². The summed E-state index contributed by atoms with van der Waals surface area (Å²) in [5.41, 5.74) is 5.83. The van der Waals surface area contributed by atoms with Crippen LogP contribution < -0.4 is 11.1 Å². The van der Waals surface area contributed by atoms with E-state index in [1.165, 1.54) is 19.4 Å². The Morgan fingerprint density at radius 1 is 1.64 bits per heavy atom. The van der Waals surface area contributed by atoms with E-state index in [-0.39, 0.29) is 0 Å². The van der Waals surface area contributed by atoms with E-state index in [9.17, 15) is 0 Å². The Kier molecular flexibility index (Phi) is 3.83. The van der Waals surface area contributed by atoms with Gasteiger partial charge in [-0.3, -0.25) is 0 Å². The van der Waals surface area contributed by atoms with Crippen molar-refractivity contribution < 1.29 is 0 Å². The van der Waals surface area contributed by atoms with Gasteiger partial charge in [-0.15, -0.1) is 0 Å². The Labute approximate surface area is 68.9 Å². The van der Waals surface area contributed by atoms with Crippen LogP contribution in [0.2, 0.25) is 0 Å². The highest BCUT2D eigenvalue weighted by Crippen LogP contribution is 2.06. The molecule has 0 saturated carbocycles. The number of likely N-dealkylation sites (tertiary alicyclic amines) is 1. The lowest BCUT2D eigenvalue weighted by Crippen LogP contribution is -2.44. The van der Waals surface area contributed by atoms with Crippen LogP contribution in [0.25, 0.3) is 0 Å². The number of nitrogens with one attached hydrogen (secondary N) is 1. The first-order valence-corrected chi connectivity index (χ1v) is 4.45. The SMILES string of the molecule is CNCCN1CCC[C@@H](N)C1. The third-order valence-electron chi connectivity index (χ3n) is 2.22. The minimum atomic E-state index is 0.417. The van der Waals surface area contributed by atoms with Crippen molar-refractivity contribution in [2.45, 2.75) is 18.9 Å². The minimum Gasteiger partial charge on any atom is -0.327 e. The van der Waals surface area contributed by atoms with E-state index in [0.717, 1.165) is 19.6 Å². The van der Waals surface area contributed by atoms with Gasteiger partial charge in [0.05, 0.1) is 0 Å². The van der Waals surface area contributed by atoms with Crippen LogP contribution in [-0.4, -0.2) is 44.2 Å². The number of hydrogen-bond acceptors (Lipinski definition) is 3. The number of hydrogen-bond donors (Lipinski definition) is 2. The molecule has 0 unspecified atom stereocenters. The zero-order valence-electron chi connectivity index (χ0n) is 7.34. The van der Waals surface area contributed by atoms with Crippen LogP contribution in [0.4, 0.5) is 0 Å². The molecule has 3 N–H and O–H groups in total. The van der Waals surface area contributed by atoms with Crippen LogP contribution in [0.3, 0.4) is 0 Å². The first kappa shape index (κ1) is 8.97. The molecule has 1 atom stereocenters. The second kappa shape index (κ2) is 4.70. The Morgan fingerprint density at radius 3 is 3.09 bits per heavy atom. The van der Waals surface area contributed by atoms with Crippen molar-refractivity contribution in [2.75, 3.05) is 33.2 Å². The predicted octanol–water partition coefficient (Wildman–Crippen LogP) is -0.371. The summed E-state index contributed by atoms with van der Waals surface area (Å²) in [6, 6.07) is 0.417. The lowest BCUT2D eigenvalue weighted by molar-refractivity contribution is 0.211. The van der Waals surface area contributed by atoms with Gasteiger partial charge in [0.15, 0.2) is 0 Å². The van der Waals surface area contributed by atoms with Crippen LogP contribution in [-0.2, 0) is 0 Å². The lowest BCUT2D eigenvalue weighted by atomic mass is 10.1. The van der Waals surface area contributed by atoms with E-state index >= 15 is 0 Å². The van der Waals surface area contributed by atoms with Gasteiger partial charge in [0.1, 0.15) is 0 Å². The zero-order chi connectivity index (χ0) is 8.10. The highest BCUT2D eigenvalue weighted by atomic mass is 15.2. The fourth-order valence-electron chi connectivity index (χ4n) is 1.56. The van der Waals surface area contributed by atoms with Crippen LogP contribution in [0.1, 0.15) is 12.8 Å². The van der Waals surface area contributed by atoms with Crippen molar-refractivity contribution in [3.8, 4) is 0 Å². The minimum absolute atomic E-state index is 0.417. The van der Waals surface area contributed by atoms with Crippen molar-refractivity contribution in [2.24, 2.45) is 5.73 Å². The molecule has 3 nitrogen and oxygen atoms in total. The fraction of sp³-hybridized carbons (Fsp3) is 1.00. The third-order valence-corrected chi connectivity index (χ3v) is 2.22. The summed E-state index contributed by atoms with van der Waals surface area (Å²) in [4.78, 5) is 2.44. The Bertz CT molecular complexity index is 106. The predicted molar refractivity (Wildman–Crippen MR) is 47.6 cm³/mol. The monoisotopic (exact) mass is 157 g/mol. The molecule has 0 radical (unpaired) electrons. The van der Waals surface area contributed by atoms with E-state index in [1.54, 1.807) is 0 Å². The maximum absolute atomic E-state index is 5.83. The lowest BCUT2D eigenvalue weighted by Gasteiger charge is -2.30. The van der Waals surface area contributed by atoms with Gasteiger partial charge >= 0.3 is 0 Å². The first-order chi connectivity index (χ1) is 5.33. The summed E-state index contributed by atoms with van der Waals surface area (Å²) in [5.74, 6) is 0. The highest BCUT2D eigenvalue weighted by Gasteiger charge is 2.14. The topological polar surface area (TPSA) is 41.3 Å². The van der Waals surface area contributed by atoms with E-state index < -0.39 is 0 Å². The number of piperidine rings is 1. The molecule has 0 aliphatic carbocycles. The Hall–Kier alpha value is -0.120. The molecule has 0 aromatic rings. The second-order valence-electron chi connectivity index (χ2n) is 3.31. The van der Waals surface area contributed by atoms with Crippen LogP contribution in [0.5, 0.6) is 0 Å². The number of likely N-dealkylation sites (N-methyl/N-ethyl adjacent to an activating group) is 1. The van der Waals surface area contributed by atoms with Gasteiger partial charge in [-0.2, -0.15) is 0 Å². The molecule has 0 aromatic heterocycles. The largest absolute Gasteiger partial charge is 0.327 e. The van der Waals surface area contributed by atoms with Gasteiger partial charge in [-0.05, 0) is 26.4 Å². The van der Waals surface area contributed by atoms with Gasteiger partial charge in [0, 0.05) is 25.7 Å². The molecule has 1 fully saturated rings. The van der Waals surface area contributed by atoms with Gasteiger partial charge in [-0.1, -0.05) is 0 Å². The van der Waals surface area contributed by atoms with Crippen LogP contribution in [0.15, 0.2) is 0 Å². The summed E-state index contributed by atoms with van der Waals surface area (Å²) in [6.45, 7) is 4.54. The number of nitrogens with zero attached hydrogens (tertiary/aromatic N) is 1. The molecule has 1 heterocycles. The average Bonchev–Trinajstić information content (AvgIpc) is 2.01. The molecule has 1 aliphatic heterocycles. The molecule has 3 heteroatoms. The molecule has 11 heavy (non-hydrogen) atoms. The molecular formula is C8H19N3. The van der Waals surface area contributed by atoms with Gasteiger partial charge in [0.25, 0.3) is 0 Å². The molecule has 1 saturated heterocycles. The molecule has 0 spiro atoms. The normalized spacial score (nSPS) is 27.3. The average molecular weight is 157 g/mol. The van der Waals surface area contributed by atoms with E-state index in [4.69, 9.17) is 5.73 Å². The van der Waals surface area contributed by atoms with Crippen molar-refractivity contribution in [3.63, 3.8) is 0 Å². The van der Waals surface area contributed by atoms with Crippen molar-refractivity contribution >= 4 is 0 Å². The Balaban J connectivity index is 2.12. The van der Waals surface area contributed by atoms with Gasteiger partial charge < -0.3 is 16.0 Å². The molecule has 0 bridgehead atoms. The summed E-state index contributed by atoms with van der Waals surface area (Å²) in [7, 11) is 1.99. The molecule has 0 aromatic carbocycles. The number of rotatable bonds is 3. The maximum Gasteiger partial charge on any atom is 0.0168 e. The molecule has 0 amide bonds. The third kappa shape index (κ3) is 3.18. The summed E-state index contributed by atoms with van der Waals surface area (Å²) < 4.78 is 0. The van der Waals surface area contributed by atoms with Crippen LogP contribution >= 0.6 is 0 Å². The van der Waals surface area contributed by atoms with Crippen LogP contribution in [0, 0.1) is 0 Å². The van der Waals surface area contributed by atoms with E-state index in [1.807, 2.05) is 7.05 Å². The quantitative estimate of drug-likeness (QED) is 0.587. The molecule has 1 aliphatic rings. The zero-order valence-corrected chi connectivity index (χ0v) is 7.34. The fourth-order valence-corrected chi connectivity index (χ4v) is 1.56. The van der Waals surface area contributed by atoms with Crippen molar-refractivity contribution in [1.29, 1.82) is 0 Å². The summed E-state index contributed by atoms with van der Waals surface area (Å²) in [6.07, 6.45) is 2.47. The first-order valence-electron chi connectivity index (χ1n) is 4.45. The summed E-state index contributed by atoms with van der Waals surface area (Å²) in [5, 5.41) is 3.15. The highest BCUT2D eigenvalue weighted by molar-refractivity contribution is 4.74. The standard InChI is InChI=1S/C8H19N3/c1-10-4-6-11-5-2-3-8(9)7-11/h8,10H,2-7,9H2,1H3/t8-/m1/s1. The maximum atomic E-state index is 5.83. The molecule has 66 valence electrons. The second-order valence-corrected chi connectivity index (χ2v) is 3.31. The number of nitrogens with two attached hydrogens (primary N) is 1. The smallest absolute Gasteiger partial charge is 0.0168 e. The molecular weight excluding hydrogens is 138 g/mol. The molecule has 1 rings (SSSR count).